The van der Waals surface area contributed by atoms with Gasteiger partial charge >= 0.3 is 0 Å². The maximum atomic E-state index is 5.49. The molecule has 1 atom stereocenters. The van der Waals surface area contributed by atoms with Crippen molar-refractivity contribution in [1.29, 1.82) is 0 Å². The molecule has 0 aliphatic rings. The van der Waals surface area contributed by atoms with Gasteiger partial charge in [-0.1, -0.05) is 19.1 Å². The zero-order valence-corrected chi connectivity index (χ0v) is 12.5. The van der Waals surface area contributed by atoms with E-state index in [0.717, 1.165) is 26.2 Å². The van der Waals surface area contributed by atoms with Crippen LogP contribution in [0.3, 0.4) is 0 Å². The highest BCUT2D eigenvalue weighted by Crippen LogP contribution is 2.24. The summed E-state index contributed by atoms with van der Waals surface area (Å²) >= 11 is 0. The minimum Gasteiger partial charge on any atom is -0.382 e. The smallest absolute Gasteiger partial charge is 0.0484 e. The van der Waals surface area contributed by atoms with Crippen LogP contribution in [0.1, 0.15) is 48.6 Å². The maximum absolute atomic E-state index is 5.49. The van der Waals surface area contributed by atoms with Crippen LogP contribution in [0.4, 0.5) is 0 Å². The van der Waals surface area contributed by atoms with Crippen molar-refractivity contribution in [2.75, 3.05) is 19.8 Å². The zero-order valence-electron chi connectivity index (χ0n) is 12.5. The molecule has 102 valence electrons. The first-order valence-corrected chi connectivity index (χ1v) is 6.99. The van der Waals surface area contributed by atoms with Crippen LogP contribution >= 0.6 is 0 Å². The van der Waals surface area contributed by atoms with Gasteiger partial charge in [0.2, 0.25) is 0 Å². The number of nitrogens with one attached hydrogen (secondary N) is 1. The molecule has 0 spiro atoms. The fourth-order valence-corrected chi connectivity index (χ4v) is 2.32. The molecule has 0 heterocycles. The molecular formula is C16H27NO. The lowest BCUT2D eigenvalue weighted by Gasteiger charge is -2.21. The van der Waals surface area contributed by atoms with E-state index >= 15 is 0 Å². The van der Waals surface area contributed by atoms with Gasteiger partial charge < -0.3 is 10.1 Å². The van der Waals surface area contributed by atoms with E-state index in [9.17, 15) is 0 Å². The molecular weight excluding hydrogens is 222 g/mol. The van der Waals surface area contributed by atoms with E-state index in [4.69, 9.17) is 4.74 Å². The third-order valence-corrected chi connectivity index (χ3v) is 3.46. The van der Waals surface area contributed by atoms with E-state index in [1.807, 2.05) is 6.92 Å². The molecule has 0 fully saturated rings. The average molecular weight is 249 g/mol. The van der Waals surface area contributed by atoms with Crippen molar-refractivity contribution in [2.45, 2.75) is 47.1 Å². The van der Waals surface area contributed by atoms with Crippen LogP contribution in [0.2, 0.25) is 0 Å². The molecule has 1 N–H and O–H groups in total. The number of hydrogen-bond acceptors (Lipinski definition) is 2. The van der Waals surface area contributed by atoms with Crippen LogP contribution in [0.5, 0.6) is 0 Å². The van der Waals surface area contributed by atoms with Gasteiger partial charge in [0.15, 0.2) is 0 Å². The first-order chi connectivity index (χ1) is 8.60. The Hall–Kier alpha value is -0.860. The van der Waals surface area contributed by atoms with Crippen LogP contribution in [-0.2, 0) is 4.74 Å². The normalized spacial score (nSPS) is 12.7. The van der Waals surface area contributed by atoms with Crippen molar-refractivity contribution >= 4 is 0 Å². The number of ether oxygens (including phenoxy) is 1. The monoisotopic (exact) mass is 249 g/mol. The van der Waals surface area contributed by atoms with E-state index < -0.39 is 0 Å². The average Bonchev–Trinajstić information content (AvgIpc) is 2.33. The summed E-state index contributed by atoms with van der Waals surface area (Å²) in [5.74, 6) is 0. The lowest BCUT2D eigenvalue weighted by molar-refractivity contribution is 0.136. The first kappa shape index (κ1) is 15.2. The fourth-order valence-electron chi connectivity index (χ4n) is 2.32. The summed E-state index contributed by atoms with van der Waals surface area (Å²) in [6.45, 7) is 13.4. The second kappa shape index (κ2) is 7.55. The zero-order chi connectivity index (χ0) is 13.5. The maximum Gasteiger partial charge on any atom is 0.0484 e. The second-order valence-corrected chi connectivity index (χ2v) is 4.89. The Bertz CT molecular complexity index is 374. The summed E-state index contributed by atoms with van der Waals surface area (Å²) in [7, 11) is 0. The molecule has 2 heteroatoms. The summed E-state index contributed by atoms with van der Waals surface area (Å²) in [5, 5.41) is 3.57. The molecule has 0 radical (unpaired) electrons. The van der Waals surface area contributed by atoms with E-state index in [0.29, 0.717) is 6.04 Å². The van der Waals surface area contributed by atoms with Gasteiger partial charge in [-0.25, -0.2) is 0 Å². The molecule has 1 unspecified atom stereocenters. The predicted octanol–water partition coefficient (Wildman–Crippen LogP) is 3.69. The summed E-state index contributed by atoms with van der Waals surface area (Å²) in [6.07, 6.45) is 1.03. The van der Waals surface area contributed by atoms with E-state index in [1.165, 1.54) is 22.3 Å². The van der Waals surface area contributed by atoms with Gasteiger partial charge in [-0.05, 0) is 62.9 Å². The Morgan fingerprint density at radius 3 is 2.33 bits per heavy atom. The van der Waals surface area contributed by atoms with Crippen LogP contribution in [0.25, 0.3) is 0 Å². The van der Waals surface area contributed by atoms with E-state index in [1.54, 1.807) is 0 Å². The summed E-state index contributed by atoms with van der Waals surface area (Å²) in [4.78, 5) is 0. The van der Waals surface area contributed by atoms with Gasteiger partial charge in [-0.2, -0.15) is 0 Å². The fraction of sp³-hybridized carbons (Fsp3) is 0.625. The highest BCUT2D eigenvalue weighted by molar-refractivity contribution is 5.38. The molecule has 0 aliphatic heterocycles. The topological polar surface area (TPSA) is 21.3 Å². The van der Waals surface area contributed by atoms with Crippen molar-refractivity contribution in [1.82, 2.24) is 5.32 Å². The van der Waals surface area contributed by atoms with Crippen molar-refractivity contribution in [3.05, 3.63) is 34.4 Å². The Morgan fingerprint density at radius 1 is 1.06 bits per heavy atom. The third-order valence-electron chi connectivity index (χ3n) is 3.46. The summed E-state index contributed by atoms with van der Waals surface area (Å²) in [5.41, 5.74) is 5.53. The lowest BCUT2D eigenvalue weighted by atomic mass is 9.94. The van der Waals surface area contributed by atoms with Crippen molar-refractivity contribution < 1.29 is 4.74 Å². The molecule has 0 saturated heterocycles. The summed E-state index contributed by atoms with van der Waals surface area (Å²) in [6, 6.07) is 5.01. The molecule has 0 amide bonds. The van der Waals surface area contributed by atoms with Gasteiger partial charge in [0.05, 0.1) is 0 Å². The Balaban J connectivity index is 2.87. The van der Waals surface area contributed by atoms with Crippen LogP contribution < -0.4 is 5.32 Å². The molecule has 0 aliphatic carbocycles. The van der Waals surface area contributed by atoms with Gasteiger partial charge in [-0.15, -0.1) is 0 Å². The molecule has 1 aromatic rings. The minimum absolute atomic E-state index is 0.404. The Labute approximate surface area is 112 Å². The molecule has 1 rings (SSSR count). The number of rotatable bonds is 7. The van der Waals surface area contributed by atoms with Crippen LogP contribution in [0.15, 0.2) is 12.1 Å². The number of benzene rings is 1. The minimum atomic E-state index is 0.404. The quantitative estimate of drug-likeness (QED) is 0.744. The highest BCUT2D eigenvalue weighted by atomic mass is 16.5. The SMILES string of the molecule is CCNC(CCOCC)c1cc(C)c(C)cc1C. The number of aryl methyl sites for hydroxylation is 3. The largest absolute Gasteiger partial charge is 0.382 e. The third kappa shape index (κ3) is 4.11. The lowest BCUT2D eigenvalue weighted by Crippen LogP contribution is -2.23. The highest BCUT2D eigenvalue weighted by Gasteiger charge is 2.13. The Morgan fingerprint density at radius 2 is 1.72 bits per heavy atom. The standard InChI is InChI=1S/C16H27NO/c1-6-17-16(8-9-18-7-2)15-11-13(4)12(3)10-14(15)5/h10-11,16-17H,6-9H2,1-5H3. The van der Waals surface area contributed by atoms with Crippen LogP contribution in [-0.4, -0.2) is 19.8 Å². The number of hydrogen-bond donors (Lipinski definition) is 1. The Kier molecular flexibility index (Phi) is 6.37. The van der Waals surface area contributed by atoms with Crippen molar-refractivity contribution in [3.63, 3.8) is 0 Å². The van der Waals surface area contributed by atoms with E-state index in [-0.39, 0.29) is 0 Å². The first-order valence-electron chi connectivity index (χ1n) is 6.99. The van der Waals surface area contributed by atoms with Crippen molar-refractivity contribution in [3.8, 4) is 0 Å². The van der Waals surface area contributed by atoms with Gasteiger partial charge in [-0.3, -0.25) is 0 Å². The van der Waals surface area contributed by atoms with Crippen LogP contribution in [0, 0.1) is 20.8 Å². The van der Waals surface area contributed by atoms with Gasteiger partial charge in [0.25, 0.3) is 0 Å². The molecule has 0 aromatic heterocycles. The predicted molar refractivity (Wildman–Crippen MR) is 78.2 cm³/mol. The van der Waals surface area contributed by atoms with Crippen molar-refractivity contribution in [2.24, 2.45) is 0 Å². The van der Waals surface area contributed by atoms with E-state index in [2.05, 4.69) is 45.1 Å². The molecule has 0 bridgehead atoms. The molecule has 18 heavy (non-hydrogen) atoms. The molecule has 2 nitrogen and oxygen atoms in total. The molecule has 0 saturated carbocycles. The van der Waals surface area contributed by atoms with Gasteiger partial charge in [0, 0.05) is 19.3 Å². The van der Waals surface area contributed by atoms with Gasteiger partial charge in [0.1, 0.15) is 0 Å². The summed E-state index contributed by atoms with van der Waals surface area (Å²) < 4.78 is 5.49. The second-order valence-electron chi connectivity index (χ2n) is 4.89. The molecule has 1 aromatic carbocycles.